The Bertz CT molecular complexity index is 301. The normalized spacial score (nSPS) is 13.3. The molecule has 0 saturated heterocycles. The van der Waals surface area contributed by atoms with E-state index >= 15 is 0 Å². The minimum absolute atomic E-state index is 0.0957. The topological polar surface area (TPSA) is 57.5 Å². The lowest BCUT2D eigenvalue weighted by molar-refractivity contribution is 0.347. The molecule has 24 heavy (non-hydrogen) atoms. The van der Waals surface area contributed by atoms with Crippen LogP contribution in [0.2, 0.25) is 0 Å². The molecule has 0 rings (SSSR count). The van der Waals surface area contributed by atoms with Gasteiger partial charge in [0, 0.05) is 0 Å². The Morgan fingerprint density at radius 1 is 0.625 bits per heavy atom. The smallest absolute Gasteiger partial charge is 0.324 e. The van der Waals surface area contributed by atoms with Gasteiger partial charge in [0.1, 0.15) is 0 Å². The number of rotatable bonds is 18. The van der Waals surface area contributed by atoms with Crippen LogP contribution in [0.15, 0.2) is 0 Å². The largest absolute Gasteiger partial charge is 0.325 e. The lowest BCUT2D eigenvalue weighted by Gasteiger charge is -2.17. The molecule has 0 aliphatic heterocycles. The van der Waals surface area contributed by atoms with Gasteiger partial charge in [-0.1, -0.05) is 104 Å². The van der Waals surface area contributed by atoms with Crippen LogP contribution in [-0.4, -0.2) is 15.9 Å². The first-order valence-corrected chi connectivity index (χ1v) is 12.3. The third-order valence-electron chi connectivity index (χ3n) is 4.93. The highest BCUT2D eigenvalue weighted by Gasteiger charge is 2.20. The third-order valence-corrected chi connectivity index (χ3v) is 5.92. The Balaban J connectivity index is 3.78. The van der Waals surface area contributed by atoms with Gasteiger partial charge in [-0.3, -0.25) is 4.57 Å². The van der Waals surface area contributed by atoms with Gasteiger partial charge in [0.05, 0.1) is 6.16 Å². The van der Waals surface area contributed by atoms with Crippen LogP contribution in [0.4, 0.5) is 0 Å². The SMILES string of the molecule is CCCCCCCCCCC(CCCCCCCC)CP(=O)(O)O. The molecule has 1 atom stereocenters. The van der Waals surface area contributed by atoms with Crippen LogP contribution in [-0.2, 0) is 4.57 Å². The van der Waals surface area contributed by atoms with Gasteiger partial charge in [-0.15, -0.1) is 0 Å². The van der Waals surface area contributed by atoms with E-state index in [2.05, 4.69) is 13.8 Å². The molecule has 4 heteroatoms. The van der Waals surface area contributed by atoms with Crippen LogP contribution in [0.1, 0.15) is 117 Å². The first-order chi connectivity index (χ1) is 11.5. The summed E-state index contributed by atoms with van der Waals surface area (Å²) in [5.41, 5.74) is 0. The zero-order valence-electron chi connectivity index (χ0n) is 16.3. The Morgan fingerprint density at radius 3 is 1.29 bits per heavy atom. The van der Waals surface area contributed by atoms with E-state index in [9.17, 15) is 14.4 Å². The van der Waals surface area contributed by atoms with Crippen LogP contribution in [0.5, 0.6) is 0 Å². The summed E-state index contributed by atoms with van der Waals surface area (Å²) in [6, 6.07) is 0. The molecule has 0 aromatic rings. The maximum absolute atomic E-state index is 11.3. The van der Waals surface area contributed by atoms with E-state index in [1.54, 1.807) is 0 Å². The van der Waals surface area contributed by atoms with E-state index in [1.807, 2.05) is 0 Å². The molecule has 0 amide bonds. The summed E-state index contributed by atoms with van der Waals surface area (Å²) < 4.78 is 11.3. The summed E-state index contributed by atoms with van der Waals surface area (Å²) in [6.07, 6.45) is 19.9. The van der Waals surface area contributed by atoms with Crippen molar-refractivity contribution < 1.29 is 14.4 Å². The van der Waals surface area contributed by atoms with Gasteiger partial charge in [-0.25, -0.2) is 0 Å². The fourth-order valence-electron chi connectivity index (χ4n) is 3.44. The molecule has 0 aromatic heterocycles. The zero-order valence-corrected chi connectivity index (χ0v) is 17.2. The van der Waals surface area contributed by atoms with Gasteiger partial charge in [0.15, 0.2) is 0 Å². The number of hydrogen-bond acceptors (Lipinski definition) is 1. The fourth-order valence-corrected chi connectivity index (χ4v) is 4.48. The van der Waals surface area contributed by atoms with Gasteiger partial charge < -0.3 is 9.79 Å². The fraction of sp³-hybridized carbons (Fsp3) is 1.00. The molecular weight excluding hydrogens is 319 g/mol. The van der Waals surface area contributed by atoms with E-state index in [1.165, 1.54) is 77.0 Å². The number of hydrogen-bond donors (Lipinski definition) is 2. The van der Waals surface area contributed by atoms with Gasteiger partial charge in [-0.05, 0) is 18.8 Å². The van der Waals surface area contributed by atoms with Crippen LogP contribution in [0, 0.1) is 5.92 Å². The molecule has 0 heterocycles. The van der Waals surface area contributed by atoms with Crippen LogP contribution in [0.25, 0.3) is 0 Å². The second-order valence-electron chi connectivity index (χ2n) is 7.53. The molecule has 0 saturated carbocycles. The summed E-state index contributed by atoms with van der Waals surface area (Å²) in [4.78, 5) is 18.6. The summed E-state index contributed by atoms with van der Waals surface area (Å²) in [5, 5.41) is 0. The van der Waals surface area contributed by atoms with Gasteiger partial charge in [0.2, 0.25) is 0 Å². The van der Waals surface area contributed by atoms with E-state index in [-0.39, 0.29) is 12.1 Å². The molecule has 0 aliphatic rings. The first-order valence-electron chi connectivity index (χ1n) is 10.5. The predicted octanol–water partition coefficient (Wildman–Crippen LogP) is 7.06. The maximum atomic E-state index is 11.3. The highest BCUT2D eigenvalue weighted by Crippen LogP contribution is 2.39. The molecule has 0 fully saturated rings. The van der Waals surface area contributed by atoms with Crippen LogP contribution < -0.4 is 0 Å². The monoisotopic (exact) mass is 362 g/mol. The van der Waals surface area contributed by atoms with E-state index in [0.29, 0.717) is 0 Å². The van der Waals surface area contributed by atoms with Crippen molar-refractivity contribution in [3.05, 3.63) is 0 Å². The molecule has 146 valence electrons. The molecule has 0 bridgehead atoms. The lowest BCUT2D eigenvalue weighted by atomic mass is 9.95. The Morgan fingerprint density at radius 2 is 0.958 bits per heavy atom. The first kappa shape index (κ1) is 24.1. The van der Waals surface area contributed by atoms with Gasteiger partial charge >= 0.3 is 7.60 Å². The van der Waals surface area contributed by atoms with Gasteiger partial charge in [0.25, 0.3) is 0 Å². The highest BCUT2D eigenvalue weighted by molar-refractivity contribution is 7.51. The average molecular weight is 363 g/mol. The summed E-state index contributed by atoms with van der Waals surface area (Å²) in [7, 11) is -3.86. The minimum Gasteiger partial charge on any atom is -0.324 e. The molecule has 0 aromatic carbocycles. The number of unbranched alkanes of at least 4 members (excludes halogenated alkanes) is 12. The van der Waals surface area contributed by atoms with Crippen molar-refractivity contribution in [2.24, 2.45) is 5.92 Å². The quantitative estimate of drug-likeness (QED) is 0.203. The van der Waals surface area contributed by atoms with Crippen molar-refractivity contribution in [3.8, 4) is 0 Å². The molecule has 0 radical (unpaired) electrons. The van der Waals surface area contributed by atoms with Crippen molar-refractivity contribution in [2.75, 3.05) is 6.16 Å². The molecule has 3 nitrogen and oxygen atoms in total. The standard InChI is InChI=1S/C20H43O3P/c1-3-5-7-9-11-12-14-16-18-20(19-24(21,22)23)17-15-13-10-8-6-4-2/h20H,3-19H2,1-2H3,(H2,21,22,23). The van der Waals surface area contributed by atoms with Crippen molar-refractivity contribution in [1.82, 2.24) is 0 Å². The van der Waals surface area contributed by atoms with Crippen LogP contribution in [0.3, 0.4) is 0 Å². The average Bonchev–Trinajstić information content (AvgIpc) is 2.51. The summed E-state index contributed by atoms with van der Waals surface area (Å²) in [5.74, 6) is 0.220. The lowest BCUT2D eigenvalue weighted by Crippen LogP contribution is -2.07. The molecule has 1 unspecified atom stereocenters. The zero-order chi connectivity index (χ0) is 18.1. The third kappa shape index (κ3) is 18.5. The van der Waals surface area contributed by atoms with E-state index in [0.717, 1.165) is 25.7 Å². The maximum Gasteiger partial charge on any atom is 0.325 e. The Hall–Kier alpha value is 0.150. The van der Waals surface area contributed by atoms with Crippen molar-refractivity contribution in [2.45, 2.75) is 117 Å². The van der Waals surface area contributed by atoms with E-state index < -0.39 is 7.60 Å². The second-order valence-corrected chi connectivity index (χ2v) is 9.23. The van der Waals surface area contributed by atoms with Crippen molar-refractivity contribution >= 4 is 7.60 Å². The Kier molecular flexibility index (Phi) is 16.7. The van der Waals surface area contributed by atoms with Gasteiger partial charge in [-0.2, -0.15) is 0 Å². The van der Waals surface area contributed by atoms with Crippen molar-refractivity contribution in [3.63, 3.8) is 0 Å². The molecule has 0 aliphatic carbocycles. The van der Waals surface area contributed by atoms with E-state index in [4.69, 9.17) is 0 Å². The highest BCUT2D eigenvalue weighted by atomic mass is 31.2. The summed E-state index contributed by atoms with van der Waals surface area (Å²) in [6.45, 7) is 4.46. The molecular formula is C20H43O3P. The molecule has 2 N–H and O–H groups in total. The minimum atomic E-state index is -3.86. The summed E-state index contributed by atoms with van der Waals surface area (Å²) >= 11 is 0. The Labute approximate surface area is 151 Å². The van der Waals surface area contributed by atoms with Crippen molar-refractivity contribution in [1.29, 1.82) is 0 Å². The van der Waals surface area contributed by atoms with Crippen LogP contribution >= 0.6 is 7.60 Å². The second kappa shape index (κ2) is 16.6. The predicted molar refractivity (Wildman–Crippen MR) is 106 cm³/mol. The molecule has 0 spiro atoms.